The van der Waals surface area contributed by atoms with Crippen LogP contribution in [0, 0.1) is 0 Å². The molecular formula is C54H48O2P2. The SMILES string of the molecule is COC([C@H](OC)C(c1ccccc1)(c1ccccc1)P(c1ccccc1)c1ccccc1)C(c1ccccc1)(c1ccccc1)P(c1ccccc1)c1ccccc1. The van der Waals surface area contributed by atoms with Gasteiger partial charge in [0.05, 0.1) is 10.3 Å². The maximum absolute atomic E-state index is 7.37. The molecule has 1 unspecified atom stereocenters. The molecule has 0 aliphatic rings. The van der Waals surface area contributed by atoms with Gasteiger partial charge < -0.3 is 9.47 Å². The molecule has 4 heteroatoms. The van der Waals surface area contributed by atoms with Crippen molar-refractivity contribution in [3.8, 4) is 0 Å². The summed E-state index contributed by atoms with van der Waals surface area (Å²) in [5.41, 5.74) is 4.70. The van der Waals surface area contributed by atoms with Gasteiger partial charge in [-0.15, -0.1) is 0 Å². The van der Waals surface area contributed by atoms with Gasteiger partial charge in [-0.1, -0.05) is 243 Å². The zero-order chi connectivity index (χ0) is 39.6. The molecule has 0 saturated heterocycles. The smallest absolute Gasteiger partial charge is 0.103 e. The average molecular weight is 791 g/mol. The lowest BCUT2D eigenvalue weighted by Gasteiger charge is -2.55. The van der Waals surface area contributed by atoms with Gasteiger partial charge in [-0.25, -0.2) is 0 Å². The number of hydrogen-bond donors (Lipinski definition) is 0. The first-order valence-electron chi connectivity index (χ1n) is 19.8. The number of hydrogen-bond acceptors (Lipinski definition) is 2. The van der Waals surface area contributed by atoms with Gasteiger partial charge in [-0.05, 0) is 59.3 Å². The predicted octanol–water partition coefficient (Wildman–Crippen LogP) is 11.2. The second-order valence-electron chi connectivity index (χ2n) is 14.3. The minimum atomic E-state index is -1.25. The molecule has 286 valence electrons. The normalized spacial score (nSPS) is 13.0. The molecule has 8 aromatic rings. The van der Waals surface area contributed by atoms with Crippen LogP contribution in [-0.2, 0) is 19.8 Å². The van der Waals surface area contributed by atoms with Gasteiger partial charge >= 0.3 is 0 Å². The zero-order valence-electron chi connectivity index (χ0n) is 33.0. The molecular weight excluding hydrogens is 743 g/mol. The van der Waals surface area contributed by atoms with E-state index in [-0.39, 0.29) is 0 Å². The highest BCUT2D eigenvalue weighted by Gasteiger charge is 2.61. The van der Waals surface area contributed by atoms with Crippen molar-refractivity contribution in [3.05, 3.63) is 265 Å². The van der Waals surface area contributed by atoms with E-state index in [9.17, 15) is 0 Å². The van der Waals surface area contributed by atoms with Crippen LogP contribution >= 0.6 is 15.8 Å². The van der Waals surface area contributed by atoms with E-state index in [2.05, 4.69) is 243 Å². The molecule has 0 heterocycles. The van der Waals surface area contributed by atoms with Crippen molar-refractivity contribution >= 4 is 37.1 Å². The number of rotatable bonds is 15. The molecule has 0 bridgehead atoms. The van der Waals surface area contributed by atoms with Crippen LogP contribution in [0.15, 0.2) is 243 Å². The molecule has 0 fully saturated rings. The summed E-state index contributed by atoms with van der Waals surface area (Å²) >= 11 is 0. The molecule has 0 radical (unpaired) electrons. The molecule has 0 N–H and O–H groups in total. The fraction of sp³-hybridized carbons (Fsp3) is 0.111. The third-order valence-corrected chi connectivity index (χ3v) is 17.4. The summed E-state index contributed by atoms with van der Waals surface area (Å²) < 4.78 is 14.7. The Bertz CT molecular complexity index is 2080. The van der Waals surface area contributed by atoms with E-state index in [1.165, 1.54) is 43.5 Å². The van der Waals surface area contributed by atoms with Crippen molar-refractivity contribution in [1.29, 1.82) is 0 Å². The van der Waals surface area contributed by atoms with Gasteiger partial charge in [0.15, 0.2) is 0 Å². The Hall–Kier alpha value is -5.46. The summed E-state index contributed by atoms with van der Waals surface area (Å²) in [5.74, 6) is 0. The molecule has 0 aromatic heterocycles. The second-order valence-corrected chi connectivity index (χ2v) is 19.1. The van der Waals surface area contributed by atoms with Gasteiger partial charge in [-0.3, -0.25) is 0 Å². The lowest BCUT2D eigenvalue weighted by atomic mass is 9.75. The largest absolute Gasteiger partial charge is 0.377 e. The summed E-state index contributed by atoms with van der Waals surface area (Å²) in [6, 6.07) is 88.5. The summed E-state index contributed by atoms with van der Waals surface area (Å²) in [5, 5.41) is 3.47. The molecule has 8 aromatic carbocycles. The summed E-state index contributed by atoms with van der Waals surface area (Å²) in [6.07, 6.45) is -1.10. The molecule has 0 aliphatic carbocycles. The van der Waals surface area contributed by atoms with Crippen LogP contribution in [0.2, 0.25) is 0 Å². The van der Waals surface area contributed by atoms with Gasteiger partial charge in [0.25, 0.3) is 0 Å². The van der Waals surface area contributed by atoms with Crippen molar-refractivity contribution in [1.82, 2.24) is 0 Å². The molecule has 0 saturated carbocycles. The summed E-state index contributed by atoms with van der Waals surface area (Å²) in [6.45, 7) is 0. The van der Waals surface area contributed by atoms with Crippen molar-refractivity contribution < 1.29 is 9.47 Å². The van der Waals surface area contributed by atoms with Crippen molar-refractivity contribution in [3.63, 3.8) is 0 Å². The Morgan fingerprint density at radius 2 is 0.448 bits per heavy atom. The van der Waals surface area contributed by atoms with Crippen LogP contribution < -0.4 is 21.2 Å². The standard InChI is InChI=1S/C54H48O2P2/c1-55-51(53(43-27-11-3-12-28-43,44-29-13-4-14-30-44)57(47-35-19-7-20-36-47)48-37-21-8-22-38-48)52(56-2)54(45-31-15-5-16-32-45,46-33-17-6-18-34-46)58(49-39-23-9-24-40-49)50-41-25-10-26-42-50/h3-42,51-52H,1-2H3/t51-,52?/m0/s1. The first kappa shape index (κ1) is 39.4. The van der Waals surface area contributed by atoms with E-state index in [4.69, 9.17) is 9.47 Å². The predicted molar refractivity (Wildman–Crippen MR) is 247 cm³/mol. The van der Waals surface area contributed by atoms with Gasteiger partial charge in [-0.2, -0.15) is 0 Å². The molecule has 2 nitrogen and oxygen atoms in total. The Morgan fingerprint density at radius 3 is 0.621 bits per heavy atom. The first-order valence-corrected chi connectivity index (χ1v) is 22.5. The van der Waals surface area contributed by atoms with Crippen LogP contribution in [0.3, 0.4) is 0 Å². The maximum atomic E-state index is 7.37. The monoisotopic (exact) mass is 790 g/mol. The Balaban J connectivity index is 1.57. The van der Waals surface area contributed by atoms with Gasteiger partial charge in [0.1, 0.15) is 12.2 Å². The fourth-order valence-corrected chi connectivity index (χ4v) is 15.7. The van der Waals surface area contributed by atoms with E-state index in [0.29, 0.717) is 0 Å². The minimum absolute atomic E-state index is 0.549. The highest BCUT2D eigenvalue weighted by molar-refractivity contribution is 7.75. The number of methoxy groups -OCH3 is 2. The van der Waals surface area contributed by atoms with Crippen molar-refractivity contribution in [2.75, 3.05) is 14.2 Å². The van der Waals surface area contributed by atoms with Crippen LogP contribution in [0.1, 0.15) is 22.3 Å². The number of benzene rings is 8. The maximum Gasteiger partial charge on any atom is 0.103 e. The van der Waals surface area contributed by atoms with Crippen LogP contribution in [0.25, 0.3) is 0 Å². The molecule has 2 atom stereocenters. The molecule has 0 spiro atoms. The number of ether oxygens (including phenoxy) is 2. The van der Waals surface area contributed by atoms with Gasteiger partial charge in [0, 0.05) is 14.2 Å². The van der Waals surface area contributed by atoms with Crippen molar-refractivity contribution in [2.45, 2.75) is 22.5 Å². The van der Waals surface area contributed by atoms with E-state index in [1.54, 1.807) is 0 Å². The average Bonchev–Trinajstić information content (AvgIpc) is 3.32. The molecule has 0 aliphatic heterocycles. The van der Waals surface area contributed by atoms with E-state index in [1.807, 2.05) is 14.2 Å². The highest BCUT2D eigenvalue weighted by atomic mass is 31.1. The summed E-state index contributed by atoms with van der Waals surface area (Å²) in [4.78, 5) is 0. The van der Waals surface area contributed by atoms with Crippen molar-refractivity contribution in [2.24, 2.45) is 0 Å². The highest BCUT2D eigenvalue weighted by Crippen LogP contribution is 2.67. The molecule has 8 rings (SSSR count). The van der Waals surface area contributed by atoms with E-state index < -0.39 is 38.4 Å². The zero-order valence-corrected chi connectivity index (χ0v) is 34.7. The quantitative estimate of drug-likeness (QED) is 0.0963. The van der Waals surface area contributed by atoms with E-state index in [0.717, 1.165) is 0 Å². The Morgan fingerprint density at radius 1 is 0.276 bits per heavy atom. The van der Waals surface area contributed by atoms with Crippen LogP contribution in [0.4, 0.5) is 0 Å². The topological polar surface area (TPSA) is 18.5 Å². The van der Waals surface area contributed by atoms with Crippen LogP contribution in [0.5, 0.6) is 0 Å². The lowest BCUT2D eigenvalue weighted by Crippen LogP contribution is -2.59. The van der Waals surface area contributed by atoms with Crippen LogP contribution in [-0.4, -0.2) is 26.4 Å². The second kappa shape index (κ2) is 18.4. The lowest BCUT2D eigenvalue weighted by molar-refractivity contribution is -0.0645. The summed E-state index contributed by atoms with van der Waals surface area (Å²) in [7, 11) is 1.31. The molecule has 58 heavy (non-hydrogen) atoms. The third kappa shape index (κ3) is 7.28. The Kier molecular flexibility index (Phi) is 12.5. The first-order chi connectivity index (χ1) is 28.7. The van der Waals surface area contributed by atoms with E-state index >= 15 is 0 Å². The molecule has 0 amide bonds. The minimum Gasteiger partial charge on any atom is -0.377 e. The fourth-order valence-electron chi connectivity index (χ4n) is 8.98. The van der Waals surface area contributed by atoms with Gasteiger partial charge in [0.2, 0.25) is 0 Å². The Labute approximate surface area is 346 Å². The third-order valence-electron chi connectivity index (χ3n) is 11.2.